The second-order valence-electron chi connectivity index (χ2n) is 3.15. The summed E-state index contributed by atoms with van der Waals surface area (Å²) < 4.78 is 28.3. The quantitative estimate of drug-likeness (QED) is 0.833. The number of H-pyrrole nitrogens is 1. The molecule has 0 aliphatic rings. The first kappa shape index (κ1) is 12.2. The van der Waals surface area contributed by atoms with E-state index in [-0.39, 0.29) is 13.2 Å². The molecule has 92 valence electrons. The average Bonchev–Trinajstić information content (AvgIpc) is 2.66. The van der Waals surface area contributed by atoms with E-state index in [1.54, 1.807) is 12.4 Å². The van der Waals surface area contributed by atoms with Crippen molar-refractivity contribution in [2.24, 2.45) is 0 Å². The van der Waals surface area contributed by atoms with Gasteiger partial charge in [0, 0.05) is 23.4 Å². The van der Waals surface area contributed by atoms with Gasteiger partial charge in [-0.15, -0.1) is 0 Å². The van der Waals surface area contributed by atoms with Crippen LogP contribution in [0.5, 0.6) is 0 Å². The third-order valence-electron chi connectivity index (χ3n) is 2.01. The van der Waals surface area contributed by atoms with Crippen molar-refractivity contribution in [2.75, 3.05) is 18.5 Å². The number of aromatic nitrogens is 3. The predicted octanol–water partition coefficient (Wildman–Crippen LogP) is 2.37. The lowest BCUT2D eigenvalue weighted by molar-refractivity contribution is -0.125. The number of aromatic amines is 1. The second kappa shape index (κ2) is 5.37. The highest BCUT2D eigenvalue weighted by Crippen LogP contribution is 2.21. The Bertz CT molecular complexity index is 505. The van der Waals surface area contributed by atoms with E-state index in [0.29, 0.717) is 11.6 Å². The van der Waals surface area contributed by atoms with Crippen LogP contribution in [0.25, 0.3) is 11.0 Å². The molecule has 0 saturated carbocycles. The molecule has 17 heavy (non-hydrogen) atoms. The summed E-state index contributed by atoms with van der Waals surface area (Å²) >= 11 is 3.34. The summed E-state index contributed by atoms with van der Waals surface area (Å²) in [6, 6.07) is 0. The molecule has 0 amide bonds. The van der Waals surface area contributed by atoms with Crippen molar-refractivity contribution in [2.45, 2.75) is 6.61 Å². The lowest BCUT2D eigenvalue weighted by atomic mass is 10.4. The van der Waals surface area contributed by atoms with Crippen LogP contribution in [0, 0.1) is 0 Å². The lowest BCUT2D eigenvalue weighted by Crippen LogP contribution is -2.13. The third-order valence-corrected chi connectivity index (χ3v) is 2.67. The number of nitrogens with one attached hydrogen (secondary N) is 2. The van der Waals surface area contributed by atoms with Crippen molar-refractivity contribution in [1.29, 1.82) is 0 Å². The number of halogens is 3. The normalized spacial score (nSPS) is 11.3. The van der Waals surface area contributed by atoms with Crippen LogP contribution in [0.2, 0.25) is 0 Å². The van der Waals surface area contributed by atoms with Crippen molar-refractivity contribution < 1.29 is 13.5 Å². The van der Waals surface area contributed by atoms with Gasteiger partial charge < -0.3 is 15.0 Å². The number of hydrogen-bond acceptors (Lipinski definition) is 4. The van der Waals surface area contributed by atoms with E-state index in [0.717, 1.165) is 9.86 Å². The Kier molecular flexibility index (Phi) is 3.85. The first-order chi connectivity index (χ1) is 8.16. The number of anilines is 1. The molecule has 0 radical (unpaired) electrons. The van der Waals surface area contributed by atoms with Gasteiger partial charge in [0.15, 0.2) is 0 Å². The molecule has 5 nitrogen and oxygen atoms in total. The van der Waals surface area contributed by atoms with Crippen molar-refractivity contribution in [1.82, 2.24) is 15.0 Å². The average molecular weight is 307 g/mol. The molecule has 0 aliphatic carbocycles. The number of nitrogens with zero attached hydrogens (tertiary/aromatic N) is 2. The Morgan fingerprint density at radius 1 is 1.53 bits per heavy atom. The topological polar surface area (TPSA) is 62.8 Å². The summed E-state index contributed by atoms with van der Waals surface area (Å²) in [5, 5.41) is 3.65. The molecule has 2 rings (SSSR count). The van der Waals surface area contributed by atoms with Gasteiger partial charge in [-0.2, -0.15) is 13.8 Å². The van der Waals surface area contributed by atoms with Crippen molar-refractivity contribution in [3.8, 4) is 0 Å². The molecule has 0 unspecified atom stereocenters. The van der Waals surface area contributed by atoms with E-state index in [1.165, 1.54) is 0 Å². The zero-order chi connectivity index (χ0) is 12.3. The molecule has 0 saturated heterocycles. The van der Waals surface area contributed by atoms with Gasteiger partial charge in [-0.25, -0.2) is 4.98 Å². The molecule has 2 aromatic rings. The Morgan fingerprint density at radius 3 is 3.12 bits per heavy atom. The minimum absolute atomic E-state index is 0.104. The van der Waals surface area contributed by atoms with E-state index in [2.05, 4.69) is 40.9 Å². The van der Waals surface area contributed by atoms with Crippen LogP contribution in [0.15, 0.2) is 16.9 Å². The van der Waals surface area contributed by atoms with Crippen LogP contribution < -0.4 is 5.32 Å². The molecule has 0 atom stereocenters. The first-order valence-electron chi connectivity index (χ1n) is 4.80. The molecule has 2 aromatic heterocycles. The minimum Gasteiger partial charge on any atom is -0.352 e. The van der Waals surface area contributed by atoms with Crippen LogP contribution >= 0.6 is 15.9 Å². The smallest absolute Gasteiger partial charge is 0.345 e. The highest BCUT2D eigenvalue weighted by molar-refractivity contribution is 9.10. The van der Waals surface area contributed by atoms with Crippen molar-refractivity contribution >= 4 is 32.9 Å². The maximum absolute atomic E-state index is 11.7. The summed E-state index contributed by atoms with van der Waals surface area (Å²) in [4.78, 5) is 11.2. The molecule has 0 spiro atoms. The maximum atomic E-state index is 11.7. The highest BCUT2D eigenvalue weighted by Gasteiger charge is 2.05. The van der Waals surface area contributed by atoms with E-state index in [9.17, 15) is 8.78 Å². The summed E-state index contributed by atoms with van der Waals surface area (Å²) in [5.41, 5.74) is 0.671. The van der Waals surface area contributed by atoms with E-state index in [4.69, 9.17) is 0 Å². The van der Waals surface area contributed by atoms with Gasteiger partial charge in [0.25, 0.3) is 0 Å². The molecular weight excluding hydrogens is 298 g/mol. The Labute approximate surface area is 104 Å². The summed E-state index contributed by atoms with van der Waals surface area (Å²) in [7, 11) is 0. The predicted molar refractivity (Wildman–Crippen MR) is 62.0 cm³/mol. The maximum Gasteiger partial charge on any atom is 0.345 e. The molecule has 2 N–H and O–H groups in total. The van der Waals surface area contributed by atoms with Gasteiger partial charge in [-0.1, -0.05) is 0 Å². The standard InChI is InChI=1S/C9H9BrF2N4O/c10-6-4-14-7-5(6)3-15-9(16-7)13-1-2-17-8(11)12/h3-4,8H,1-2H2,(H2,13,14,15,16). The molecule has 8 heteroatoms. The third kappa shape index (κ3) is 3.10. The molecule has 0 aromatic carbocycles. The fraction of sp³-hybridized carbons (Fsp3) is 0.333. The molecule has 2 heterocycles. The van der Waals surface area contributed by atoms with Crippen molar-refractivity contribution in [3.63, 3.8) is 0 Å². The fourth-order valence-electron chi connectivity index (χ4n) is 1.27. The summed E-state index contributed by atoms with van der Waals surface area (Å²) in [5.74, 6) is 0.365. The van der Waals surface area contributed by atoms with Gasteiger partial charge in [0.2, 0.25) is 5.95 Å². The number of rotatable bonds is 5. The number of fused-ring (bicyclic) bond motifs is 1. The SMILES string of the molecule is FC(F)OCCNc1ncc2c(Br)c[nH]c2n1. The van der Waals surface area contributed by atoms with E-state index < -0.39 is 6.61 Å². The van der Waals surface area contributed by atoms with Gasteiger partial charge in [-0.05, 0) is 15.9 Å². The Morgan fingerprint density at radius 2 is 2.35 bits per heavy atom. The van der Waals surface area contributed by atoms with Gasteiger partial charge >= 0.3 is 6.61 Å². The lowest BCUT2D eigenvalue weighted by Gasteiger charge is -2.04. The van der Waals surface area contributed by atoms with Gasteiger partial charge in [-0.3, -0.25) is 0 Å². The Balaban J connectivity index is 1.95. The summed E-state index contributed by atoms with van der Waals surface area (Å²) in [6.45, 7) is -2.63. The molecular formula is C9H9BrF2N4O. The Hall–Kier alpha value is -1.28. The monoisotopic (exact) mass is 306 g/mol. The van der Waals surface area contributed by atoms with Gasteiger partial charge in [0.1, 0.15) is 5.65 Å². The zero-order valence-electron chi connectivity index (χ0n) is 8.58. The first-order valence-corrected chi connectivity index (χ1v) is 5.59. The molecule has 0 bridgehead atoms. The van der Waals surface area contributed by atoms with Crippen LogP contribution in [0.4, 0.5) is 14.7 Å². The number of alkyl halides is 2. The number of hydrogen-bond donors (Lipinski definition) is 2. The molecule has 0 fully saturated rings. The van der Waals surface area contributed by atoms with Crippen LogP contribution in [0.3, 0.4) is 0 Å². The molecule has 0 aliphatic heterocycles. The van der Waals surface area contributed by atoms with Crippen LogP contribution in [-0.2, 0) is 4.74 Å². The largest absolute Gasteiger partial charge is 0.352 e. The fourth-order valence-corrected chi connectivity index (χ4v) is 1.68. The highest BCUT2D eigenvalue weighted by atomic mass is 79.9. The minimum atomic E-state index is -2.75. The zero-order valence-corrected chi connectivity index (χ0v) is 10.2. The van der Waals surface area contributed by atoms with Crippen LogP contribution in [0.1, 0.15) is 0 Å². The van der Waals surface area contributed by atoms with E-state index >= 15 is 0 Å². The number of ether oxygens (including phenoxy) is 1. The second-order valence-corrected chi connectivity index (χ2v) is 4.01. The summed E-state index contributed by atoms with van der Waals surface area (Å²) in [6.07, 6.45) is 3.39. The van der Waals surface area contributed by atoms with Gasteiger partial charge in [0.05, 0.1) is 12.0 Å². The van der Waals surface area contributed by atoms with Crippen molar-refractivity contribution in [3.05, 3.63) is 16.9 Å². The van der Waals surface area contributed by atoms with Crippen LogP contribution in [-0.4, -0.2) is 34.7 Å². The van der Waals surface area contributed by atoms with E-state index in [1.807, 2.05) is 0 Å².